The minimum Gasteiger partial charge on any atom is -0.387 e. The predicted octanol–water partition coefficient (Wildman–Crippen LogP) is 2.72. The molecule has 0 aliphatic carbocycles. The van der Waals surface area contributed by atoms with Crippen molar-refractivity contribution in [2.24, 2.45) is 0 Å². The minimum absolute atomic E-state index is 0.204. The lowest BCUT2D eigenvalue weighted by Gasteiger charge is -2.35. The van der Waals surface area contributed by atoms with E-state index >= 15 is 0 Å². The largest absolute Gasteiger partial charge is 0.387 e. The van der Waals surface area contributed by atoms with Gasteiger partial charge in [0.2, 0.25) is 0 Å². The lowest BCUT2D eigenvalue weighted by atomic mass is 10.00. The summed E-state index contributed by atoms with van der Waals surface area (Å²) in [5.41, 5.74) is 0.851. The first-order valence-electron chi connectivity index (χ1n) is 7.27. The lowest BCUT2D eigenvalue weighted by molar-refractivity contribution is 0.0638. The van der Waals surface area contributed by atoms with E-state index in [1.54, 1.807) is 0 Å². The number of hydrogen-bond donors (Lipinski definition) is 2. The molecular formula is C15H19ClN4O. The van der Waals surface area contributed by atoms with E-state index in [-0.39, 0.29) is 6.04 Å². The maximum absolute atomic E-state index is 10.5. The number of H-pyrrole nitrogens is 1. The number of halogens is 1. The third-order valence-electron chi connectivity index (χ3n) is 4.00. The molecule has 21 heavy (non-hydrogen) atoms. The molecule has 1 aromatic heterocycles. The fourth-order valence-electron chi connectivity index (χ4n) is 2.94. The molecule has 0 bridgehead atoms. The highest BCUT2D eigenvalue weighted by atomic mass is 35.5. The average molecular weight is 307 g/mol. The highest BCUT2D eigenvalue weighted by Crippen LogP contribution is 2.30. The monoisotopic (exact) mass is 306 g/mol. The molecule has 0 saturated carbocycles. The SMILES string of the molecule is OC(CN1CCCCC1c1ncn[nH]1)c1cccc(Cl)c1. The number of aromatic amines is 1. The zero-order chi connectivity index (χ0) is 14.7. The van der Waals surface area contributed by atoms with Crippen LogP contribution in [-0.4, -0.2) is 38.3 Å². The second-order valence-electron chi connectivity index (χ2n) is 5.45. The van der Waals surface area contributed by atoms with Gasteiger partial charge in [0.15, 0.2) is 0 Å². The van der Waals surface area contributed by atoms with E-state index in [1.807, 2.05) is 24.3 Å². The van der Waals surface area contributed by atoms with Crippen molar-refractivity contribution in [2.45, 2.75) is 31.4 Å². The van der Waals surface area contributed by atoms with Crippen LogP contribution in [-0.2, 0) is 0 Å². The second-order valence-corrected chi connectivity index (χ2v) is 5.88. The Morgan fingerprint density at radius 1 is 1.43 bits per heavy atom. The van der Waals surface area contributed by atoms with Gasteiger partial charge in [-0.1, -0.05) is 30.2 Å². The van der Waals surface area contributed by atoms with E-state index < -0.39 is 6.10 Å². The minimum atomic E-state index is -0.549. The van der Waals surface area contributed by atoms with Gasteiger partial charge in [0, 0.05) is 11.6 Å². The van der Waals surface area contributed by atoms with Crippen LogP contribution >= 0.6 is 11.6 Å². The Kier molecular flexibility index (Phi) is 4.53. The Labute approximate surface area is 129 Å². The molecule has 0 spiro atoms. The molecule has 0 radical (unpaired) electrons. The van der Waals surface area contributed by atoms with E-state index in [2.05, 4.69) is 20.1 Å². The summed E-state index contributed by atoms with van der Waals surface area (Å²) in [5.74, 6) is 0.882. The van der Waals surface area contributed by atoms with Gasteiger partial charge in [-0.15, -0.1) is 0 Å². The number of benzene rings is 1. The number of aliphatic hydroxyl groups is 1. The maximum atomic E-state index is 10.5. The van der Waals surface area contributed by atoms with Crippen molar-refractivity contribution >= 4 is 11.6 Å². The molecule has 3 rings (SSSR count). The number of nitrogens with one attached hydrogen (secondary N) is 1. The fraction of sp³-hybridized carbons (Fsp3) is 0.467. The Morgan fingerprint density at radius 3 is 3.10 bits per heavy atom. The van der Waals surface area contributed by atoms with Gasteiger partial charge < -0.3 is 5.11 Å². The van der Waals surface area contributed by atoms with E-state index in [0.29, 0.717) is 11.6 Å². The van der Waals surface area contributed by atoms with Gasteiger partial charge in [-0.05, 0) is 37.1 Å². The van der Waals surface area contributed by atoms with Crippen molar-refractivity contribution < 1.29 is 5.11 Å². The number of likely N-dealkylation sites (tertiary alicyclic amines) is 1. The molecule has 1 fully saturated rings. The molecular weight excluding hydrogens is 288 g/mol. The van der Waals surface area contributed by atoms with Crippen molar-refractivity contribution in [2.75, 3.05) is 13.1 Å². The molecule has 0 amide bonds. The van der Waals surface area contributed by atoms with Crippen LogP contribution in [0.25, 0.3) is 0 Å². The molecule has 2 aromatic rings. The lowest BCUT2D eigenvalue weighted by Crippen LogP contribution is -2.37. The smallest absolute Gasteiger partial charge is 0.141 e. The molecule has 1 aliphatic rings. The zero-order valence-electron chi connectivity index (χ0n) is 11.7. The maximum Gasteiger partial charge on any atom is 0.141 e. The quantitative estimate of drug-likeness (QED) is 0.911. The van der Waals surface area contributed by atoms with Crippen molar-refractivity contribution in [3.8, 4) is 0 Å². The summed E-state index contributed by atoms with van der Waals surface area (Å²) < 4.78 is 0. The number of hydrogen-bond acceptors (Lipinski definition) is 4. The molecule has 2 heterocycles. The van der Waals surface area contributed by atoms with Crippen molar-refractivity contribution in [1.82, 2.24) is 20.1 Å². The molecule has 1 saturated heterocycles. The second kappa shape index (κ2) is 6.56. The van der Waals surface area contributed by atoms with E-state index in [0.717, 1.165) is 30.8 Å². The molecule has 112 valence electrons. The summed E-state index contributed by atoms with van der Waals surface area (Å²) >= 11 is 5.99. The Morgan fingerprint density at radius 2 is 2.33 bits per heavy atom. The topological polar surface area (TPSA) is 65.0 Å². The van der Waals surface area contributed by atoms with Crippen LogP contribution in [0.5, 0.6) is 0 Å². The molecule has 2 unspecified atom stereocenters. The number of aliphatic hydroxyl groups excluding tert-OH is 1. The average Bonchev–Trinajstić information content (AvgIpc) is 3.02. The van der Waals surface area contributed by atoms with E-state index in [1.165, 1.54) is 12.7 Å². The Hall–Kier alpha value is -1.43. The molecule has 1 aliphatic heterocycles. The van der Waals surface area contributed by atoms with E-state index in [4.69, 9.17) is 11.6 Å². The number of nitrogens with zero attached hydrogens (tertiary/aromatic N) is 3. The van der Waals surface area contributed by atoms with Gasteiger partial charge in [0.05, 0.1) is 12.1 Å². The first-order chi connectivity index (χ1) is 10.2. The molecule has 6 heteroatoms. The number of aromatic nitrogens is 3. The van der Waals surface area contributed by atoms with E-state index in [9.17, 15) is 5.11 Å². The van der Waals surface area contributed by atoms with Gasteiger partial charge in [-0.2, -0.15) is 5.10 Å². The van der Waals surface area contributed by atoms with Crippen molar-refractivity contribution in [1.29, 1.82) is 0 Å². The molecule has 2 atom stereocenters. The summed E-state index contributed by atoms with van der Waals surface area (Å²) in [6.07, 6.45) is 4.35. The number of piperidine rings is 1. The molecule has 2 N–H and O–H groups in total. The van der Waals surface area contributed by atoms with Crippen LogP contribution in [0.4, 0.5) is 0 Å². The fourth-order valence-corrected chi connectivity index (χ4v) is 3.13. The summed E-state index contributed by atoms with van der Waals surface area (Å²) in [5, 5.41) is 18.0. The number of rotatable bonds is 4. The van der Waals surface area contributed by atoms with Crippen LogP contribution in [0.2, 0.25) is 5.02 Å². The Balaban J connectivity index is 1.72. The molecule has 5 nitrogen and oxygen atoms in total. The van der Waals surface area contributed by atoms with Crippen molar-refractivity contribution in [3.63, 3.8) is 0 Å². The predicted molar refractivity (Wildman–Crippen MR) is 81.0 cm³/mol. The van der Waals surface area contributed by atoms with Gasteiger partial charge in [-0.25, -0.2) is 4.98 Å². The summed E-state index contributed by atoms with van der Waals surface area (Å²) in [4.78, 5) is 6.55. The van der Waals surface area contributed by atoms with Gasteiger partial charge >= 0.3 is 0 Å². The highest BCUT2D eigenvalue weighted by Gasteiger charge is 2.27. The first kappa shape index (κ1) is 14.5. The number of β-amino-alcohol motifs (C(OH)–C–C–N with tert-alkyl or cyclic N) is 1. The highest BCUT2D eigenvalue weighted by molar-refractivity contribution is 6.30. The van der Waals surface area contributed by atoms with Crippen LogP contribution in [0.15, 0.2) is 30.6 Å². The summed E-state index contributed by atoms with van der Waals surface area (Å²) in [6, 6.07) is 7.61. The third kappa shape index (κ3) is 3.43. The van der Waals surface area contributed by atoms with Gasteiger partial charge in [0.1, 0.15) is 12.2 Å². The van der Waals surface area contributed by atoms with Gasteiger partial charge in [-0.3, -0.25) is 10.00 Å². The van der Waals surface area contributed by atoms with Gasteiger partial charge in [0.25, 0.3) is 0 Å². The first-order valence-corrected chi connectivity index (χ1v) is 7.64. The third-order valence-corrected chi connectivity index (χ3v) is 4.24. The van der Waals surface area contributed by atoms with Crippen LogP contribution in [0.3, 0.4) is 0 Å². The zero-order valence-corrected chi connectivity index (χ0v) is 12.5. The van der Waals surface area contributed by atoms with Crippen molar-refractivity contribution in [3.05, 3.63) is 47.0 Å². The van der Waals surface area contributed by atoms with Crippen LogP contribution in [0.1, 0.15) is 42.8 Å². The van der Waals surface area contributed by atoms with Crippen LogP contribution < -0.4 is 0 Å². The summed E-state index contributed by atoms with van der Waals surface area (Å²) in [7, 11) is 0. The summed E-state index contributed by atoms with van der Waals surface area (Å²) in [6.45, 7) is 1.54. The standard InChI is InChI=1S/C15H19ClN4O/c16-12-5-3-4-11(8-12)14(21)9-20-7-2-1-6-13(20)15-17-10-18-19-15/h3-5,8,10,13-14,21H,1-2,6-7,9H2,(H,17,18,19). The Bertz CT molecular complexity index is 575. The molecule has 1 aromatic carbocycles. The van der Waals surface area contributed by atoms with Crippen LogP contribution in [0, 0.1) is 0 Å². The normalized spacial score (nSPS) is 21.3.